The van der Waals surface area contributed by atoms with Crippen LogP contribution in [0.3, 0.4) is 0 Å². The van der Waals surface area contributed by atoms with Crippen LogP contribution in [0.2, 0.25) is 0 Å². The van der Waals surface area contributed by atoms with Crippen molar-refractivity contribution in [3.8, 4) is 0 Å². The average molecular weight is 274 g/mol. The van der Waals surface area contributed by atoms with Crippen molar-refractivity contribution in [3.63, 3.8) is 0 Å². The van der Waals surface area contributed by atoms with Gasteiger partial charge in [0.2, 0.25) is 0 Å². The minimum atomic E-state index is 0.401. The maximum atomic E-state index is 4.58. The first kappa shape index (κ1) is 14.2. The quantitative estimate of drug-likeness (QED) is 0.860. The monoisotopic (exact) mass is 274 g/mol. The highest BCUT2D eigenvalue weighted by atomic mass is 32.1. The smallest absolute Gasteiger partial charge is 0.0423 e. The summed E-state index contributed by atoms with van der Waals surface area (Å²) in [5, 5.41) is 7.97. The molecule has 0 aromatic carbocycles. The zero-order valence-corrected chi connectivity index (χ0v) is 12.8. The van der Waals surface area contributed by atoms with E-state index in [1.54, 1.807) is 11.3 Å². The van der Waals surface area contributed by atoms with E-state index in [1.807, 2.05) is 6.92 Å². The van der Waals surface area contributed by atoms with Crippen molar-refractivity contribution >= 4 is 11.3 Å². The van der Waals surface area contributed by atoms with Gasteiger partial charge in [0.05, 0.1) is 0 Å². The molecule has 0 radical (unpaired) electrons. The van der Waals surface area contributed by atoms with Gasteiger partial charge >= 0.3 is 0 Å². The van der Waals surface area contributed by atoms with Crippen LogP contribution in [0.25, 0.3) is 0 Å². The highest BCUT2D eigenvalue weighted by Gasteiger charge is 2.13. The fourth-order valence-corrected chi connectivity index (χ4v) is 3.13. The molecule has 0 fully saturated rings. The van der Waals surface area contributed by atoms with Gasteiger partial charge in [0.15, 0.2) is 0 Å². The number of pyridine rings is 1. The lowest BCUT2D eigenvalue weighted by Gasteiger charge is -2.20. The Morgan fingerprint density at radius 2 is 2.11 bits per heavy atom. The molecular weight excluding hydrogens is 252 g/mol. The number of aromatic nitrogens is 1. The van der Waals surface area contributed by atoms with E-state index in [0.29, 0.717) is 6.04 Å². The summed E-state index contributed by atoms with van der Waals surface area (Å²) < 4.78 is 0. The Morgan fingerprint density at radius 3 is 2.74 bits per heavy atom. The fourth-order valence-electron chi connectivity index (χ4n) is 2.43. The largest absolute Gasteiger partial charge is 0.310 e. The lowest BCUT2D eigenvalue weighted by molar-refractivity contribution is 0.511. The van der Waals surface area contributed by atoms with Crippen LogP contribution in [-0.2, 0) is 6.42 Å². The molecule has 2 aromatic heterocycles. The van der Waals surface area contributed by atoms with Crippen molar-refractivity contribution in [1.29, 1.82) is 0 Å². The summed E-state index contributed by atoms with van der Waals surface area (Å²) in [5.41, 5.74) is 5.01. The van der Waals surface area contributed by atoms with Crippen molar-refractivity contribution in [1.82, 2.24) is 10.3 Å². The Balaban J connectivity index is 2.10. The number of hydrogen-bond acceptors (Lipinski definition) is 3. The molecule has 0 aliphatic carbocycles. The molecule has 3 heteroatoms. The van der Waals surface area contributed by atoms with Gasteiger partial charge in [-0.15, -0.1) is 0 Å². The van der Waals surface area contributed by atoms with E-state index in [-0.39, 0.29) is 0 Å². The van der Waals surface area contributed by atoms with E-state index in [9.17, 15) is 0 Å². The van der Waals surface area contributed by atoms with Crippen molar-refractivity contribution in [3.05, 3.63) is 51.5 Å². The standard InChI is InChI=1S/C16H22N2S/c1-4-17-16(8-6-14-9-10-19-11-14)15-7-5-12(2)18-13(15)3/h5,7,9-11,16-17H,4,6,8H2,1-3H3. The second kappa shape index (κ2) is 6.83. The highest BCUT2D eigenvalue weighted by Crippen LogP contribution is 2.22. The van der Waals surface area contributed by atoms with E-state index >= 15 is 0 Å². The highest BCUT2D eigenvalue weighted by molar-refractivity contribution is 7.07. The second-order valence-electron chi connectivity index (χ2n) is 4.91. The van der Waals surface area contributed by atoms with Crippen LogP contribution >= 0.6 is 11.3 Å². The van der Waals surface area contributed by atoms with Crippen molar-refractivity contribution < 1.29 is 0 Å². The molecular formula is C16H22N2S. The Labute approximate surface area is 119 Å². The number of nitrogens with one attached hydrogen (secondary N) is 1. The minimum absolute atomic E-state index is 0.401. The number of rotatable bonds is 6. The summed E-state index contributed by atoms with van der Waals surface area (Å²) >= 11 is 1.77. The first-order valence-electron chi connectivity index (χ1n) is 6.89. The van der Waals surface area contributed by atoms with Gasteiger partial charge in [0.25, 0.3) is 0 Å². The van der Waals surface area contributed by atoms with Gasteiger partial charge in [-0.25, -0.2) is 0 Å². The maximum Gasteiger partial charge on any atom is 0.0423 e. The van der Waals surface area contributed by atoms with Gasteiger partial charge in [-0.2, -0.15) is 11.3 Å². The zero-order valence-electron chi connectivity index (χ0n) is 11.9. The van der Waals surface area contributed by atoms with Gasteiger partial charge < -0.3 is 5.32 Å². The maximum absolute atomic E-state index is 4.58. The van der Waals surface area contributed by atoms with Crippen LogP contribution in [0.15, 0.2) is 29.0 Å². The van der Waals surface area contributed by atoms with Gasteiger partial charge in [0, 0.05) is 17.4 Å². The van der Waals surface area contributed by atoms with Crippen LogP contribution in [0.5, 0.6) is 0 Å². The molecule has 1 atom stereocenters. The molecule has 1 N–H and O–H groups in total. The first-order valence-corrected chi connectivity index (χ1v) is 7.83. The molecule has 2 rings (SSSR count). The molecule has 0 aliphatic rings. The van der Waals surface area contributed by atoms with Crippen LogP contribution in [0.1, 0.15) is 41.9 Å². The predicted octanol–water partition coefficient (Wildman–Crippen LogP) is 4.04. The van der Waals surface area contributed by atoms with Gasteiger partial charge in [0.1, 0.15) is 0 Å². The molecule has 0 aliphatic heterocycles. The third-order valence-electron chi connectivity index (χ3n) is 3.39. The SMILES string of the molecule is CCNC(CCc1ccsc1)c1ccc(C)nc1C. The van der Waals surface area contributed by atoms with E-state index in [1.165, 1.54) is 11.1 Å². The Bertz CT molecular complexity index is 505. The van der Waals surface area contributed by atoms with Crippen molar-refractivity contribution in [2.75, 3.05) is 6.54 Å². The molecule has 0 saturated heterocycles. The topological polar surface area (TPSA) is 24.9 Å². The third-order valence-corrected chi connectivity index (χ3v) is 4.13. The third kappa shape index (κ3) is 3.88. The van der Waals surface area contributed by atoms with Gasteiger partial charge in [-0.1, -0.05) is 13.0 Å². The van der Waals surface area contributed by atoms with Crippen molar-refractivity contribution in [2.45, 2.75) is 39.7 Å². The number of nitrogens with zero attached hydrogens (tertiary/aromatic N) is 1. The van der Waals surface area contributed by atoms with Crippen LogP contribution in [-0.4, -0.2) is 11.5 Å². The van der Waals surface area contributed by atoms with E-state index in [2.05, 4.69) is 53.1 Å². The zero-order chi connectivity index (χ0) is 13.7. The second-order valence-corrected chi connectivity index (χ2v) is 5.69. The van der Waals surface area contributed by atoms with Gasteiger partial charge in [-0.05, 0) is 67.3 Å². The summed E-state index contributed by atoms with van der Waals surface area (Å²) in [6, 6.07) is 6.95. The van der Waals surface area contributed by atoms with Crippen LogP contribution < -0.4 is 5.32 Å². The summed E-state index contributed by atoms with van der Waals surface area (Å²) in [4.78, 5) is 4.58. The molecule has 0 bridgehead atoms. The molecule has 0 saturated carbocycles. The fraction of sp³-hybridized carbons (Fsp3) is 0.438. The number of aryl methyl sites for hydroxylation is 3. The summed E-state index contributed by atoms with van der Waals surface area (Å²) in [6.45, 7) is 7.30. The molecule has 19 heavy (non-hydrogen) atoms. The Morgan fingerprint density at radius 1 is 1.26 bits per heavy atom. The molecule has 102 valence electrons. The lowest BCUT2D eigenvalue weighted by Crippen LogP contribution is -2.22. The summed E-state index contributed by atoms with van der Waals surface area (Å²) in [5.74, 6) is 0. The summed E-state index contributed by atoms with van der Waals surface area (Å²) in [6.07, 6.45) is 2.24. The van der Waals surface area contributed by atoms with E-state index < -0.39 is 0 Å². The summed E-state index contributed by atoms with van der Waals surface area (Å²) in [7, 11) is 0. The van der Waals surface area contributed by atoms with Gasteiger partial charge in [-0.3, -0.25) is 4.98 Å². The predicted molar refractivity (Wildman–Crippen MR) is 82.8 cm³/mol. The van der Waals surface area contributed by atoms with Crippen molar-refractivity contribution in [2.24, 2.45) is 0 Å². The molecule has 0 spiro atoms. The number of hydrogen-bond donors (Lipinski definition) is 1. The minimum Gasteiger partial charge on any atom is -0.310 e. The molecule has 2 heterocycles. The molecule has 1 unspecified atom stereocenters. The van der Waals surface area contributed by atoms with E-state index in [4.69, 9.17) is 0 Å². The Kier molecular flexibility index (Phi) is 5.11. The van der Waals surface area contributed by atoms with Crippen LogP contribution in [0, 0.1) is 13.8 Å². The Hall–Kier alpha value is -1.19. The molecule has 2 nitrogen and oxygen atoms in total. The lowest BCUT2D eigenvalue weighted by atomic mass is 9.98. The first-order chi connectivity index (χ1) is 9.20. The average Bonchev–Trinajstić information content (AvgIpc) is 2.88. The molecule has 2 aromatic rings. The van der Waals surface area contributed by atoms with E-state index in [0.717, 1.165) is 30.8 Å². The van der Waals surface area contributed by atoms with Crippen LogP contribution in [0.4, 0.5) is 0 Å². The molecule has 0 amide bonds. The normalized spacial score (nSPS) is 12.6. The number of thiophene rings is 1.